The van der Waals surface area contributed by atoms with Crippen LogP contribution in [0.3, 0.4) is 0 Å². The topological polar surface area (TPSA) is 25.8 Å². The van der Waals surface area contributed by atoms with Crippen molar-refractivity contribution in [3.05, 3.63) is 204 Å². The molecule has 0 bridgehead atoms. The second-order valence-corrected chi connectivity index (χ2v) is 11.4. The molecule has 2 aromatic heterocycles. The molecule has 0 radical (unpaired) electrons. The van der Waals surface area contributed by atoms with Gasteiger partial charge in [0.25, 0.3) is 0 Å². The van der Waals surface area contributed by atoms with E-state index in [1.54, 1.807) is 0 Å². The Morgan fingerprint density at radius 1 is 0.326 bits per heavy atom. The van der Waals surface area contributed by atoms with Gasteiger partial charge in [0.15, 0.2) is 0 Å². The number of pyridine rings is 2. The van der Waals surface area contributed by atoms with Crippen LogP contribution in [0.2, 0.25) is 0 Å². The summed E-state index contributed by atoms with van der Waals surface area (Å²) in [6.07, 6.45) is 0. The predicted octanol–water partition coefficient (Wildman–Crippen LogP) is 11.1. The highest BCUT2D eigenvalue weighted by molar-refractivity contribution is 6.10. The zero-order chi connectivity index (χ0) is 30.7. The van der Waals surface area contributed by atoms with E-state index in [1.807, 2.05) is 6.07 Å². The zero-order valence-corrected chi connectivity index (χ0v) is 25.2. The minimum absolute atomic E-state index is 0.859. The van der Waals surface area contributed by atoms with Gasteiger partial charge in [-0.25, -0.2) is 9.97 Å². The SMILES string of the molecule is c1ccc(C(=C(c2ccccc2)c2cccc(-c3cccc(-c4nc5ccccc5c5ccccc45)n3)c2)c2ccccc2)cc1. The van der Waals surface area contributed by atoms with Crippen LogP contribution in [0, 0.1) is 0 Å². The minimum atomic E-state index is 0.859. The van der Waals surface area contributed by atoms with Crippen LogP contribution in [-0.2, 0) is 0 Å². The highest BCUT2D eigenvalue weighted by Crippen LogP contribution is 2.38. The summed E-state index contributed by atoms with van der Waals surface area (Å²) >= 11 is 0. The molecule has 0 fully saturated rings. The van der Waals surface area contributed by atoms with Gasteiger partial charge in [-0.2, -0.15) is 0 Å². The standard InChI is InChI=1S/C44H30N2/c1-4-16-31(17-5-1)42(32-18-6-2-7-19-32)43(33-20-8-3-9-21-33)35-23-14-22-34(30-35)39-28-15-29-41(45-39)44-38-26-11-10-24-36(38)37-25-12-13-27-40(37)46-44/h1-30H. The highest BCUT2D eigenvalue weighted by atomic mass is 14.8. The second-order valence-electron chi connectivity index (χ2n) is 11.4. The van der Waals surface area contributed by atoms with Gasteiger partial charge < -0.3 is 0 Å². The van der Waals surface area contributed by atoms with Gasteiger partial charge in [-0.1, -0.05) is 158 Å². The van der Waals surface area contributed by atoms with Crippen LogP contribution in [0.15, 0.2) is 182 Å². The number of hydrogen-bond acceptors (Lipinski definition) is 2. The molecule has 0 unspecified atom stereocenters. The van der Waals surface area contributed by atoms with Gasteiger partial charge in [-0.15, -0.1) is 0 Å². The number of benzene rings is 6. The third-order valence-electron chi connectivity index (χ3n) is 8.48. The molecule has 0 atom stereocenters. The van der Waals surface area contributed by atoms with Crippen LogP contribution in [0.4, 0.5) is 0 Å². The maximum Gasteiger partial charge on any atom is 0.0972 e. The quantitative estimate of drug-likeness (QED) is 0.143. The summed E-state index contributed by atoms with van der Waals surface area (Å²) in [7, 11) is 0. The van der Waals surface area contributed by atoms with Crippen molar-refractivity contribution in [2.45, 2.75) is 0 Å². The normalized spacial score (nSPS) is 11.0. The van der Waals surface area contributed by atoms with Gasteiger partial charge in [0, 0.05) is 16.3 Å². The molecular weight excluding hydrogens is 556 g/mol. The lowest BCUT2D eigenvalue weighted by molar-refractivity contribution is 1.29. The third kappa shape index (κ3) is 5.16. The molecule has 0 spiro atoms. The molecule has 0 N–H and O–H groups in total. The lowest BCUT2D eigenvalue weighted by Crippen LogP contribution is -1.98. The maximum absolute atomic E-state index is 5.23. The highest BCUT2D eigenvalue weighted by Gasteiger charge is 2.17. The first-order valence-electron chi connectivity index (χ1n) is 15.6. The van der Waals surface area contributed by atoms with E-state index in [1.165, 1.54) is 27.7 Å². The molecule has 0 aliphatic rings. The Morgan fingerprint density at radius 2 is 0.804 bits per heavy atom. The molecule has 2 heterocycles. The molecule has 2 heteroatoms. The van der Waals surface area contributed by atoms with Crippen LogP contribution >= 0.6 is 0 Å². The van der Waals surface area contributed by atoms with E-state index >= 15 is 0 Å². The molecule has 0 amide bonds. The Morgan fingerprint density at radius 3 is 1.46 bits per heavy atom. The minimum Gasteiger partial charge on any atom is -0.246 e. The summed E-state index contributed by atoms with van der Waals surface area (Å²) in [5, 5.41) is 3.44. The maximum atomic E-state index is 5.23. The Balaban J connectivity index is 1.32. The van der Waals surface area contributed by atoms with Crippen molar-refractivity contribution in [1.29, 1.82) is 0 Å². The van der Waals surface area contributed by atoms with Crippen molar-refractivity contribution in [2.24, 2.45) is 0 Å². The molecule has 0 saturated carbocycles. The van der Waals surface area contributed by atoms with Crippen molar-refractivity contribution < 1.29 is 0 Å². The average Bonchev–Trinajstić information content (AvgIpc) is 3.14. The van der Waals surface area contributed by atoms with Crippen molar-refractivity contribution in [2.75, 3.05) is 0 Å². The molecular formula is C44H30N2. The fourth-order valence-corrected chi connectivity index (χ4v) is 6.39. The Bertz CT molecular complexity index is 2300. The summed E-state index contributed by atoms with van der Waals surface area (Å²) in [4.78, 5) is 10.3. The van der Waals surface area contributed by atoms with E-state index < -0.39 is 0 Å². The first-order chi connectivity index (χ1) is 22.8. The van der Waals surface area contributed by atoms with Crippen LogP contribution in [-0.4, -0.2) is 9.97 Å². The zero-order valence-electron chi connectivity index (χ0n) is 25.2. The predicted molar refractivity (Wildman–Crippen MR) is 192 cm³/mol. The van der Waals surface area contributed by atoms with Gasteiger partial charge in [-0.05, 0) is 63.1 Å². The van der Waals surface area contributed by atoms with E-state index in [0.717, 1.165) is 50.1 Å². The van der Waals surface area contributed by atoms with Crippen LogP contribution < -0.4 is 0 Å². The smallest absolute Gasteiger partial charge is 0.0972 e. The third-order valence-corrected chi connectivity index (χ3v) is 8.48. The fraction of sp³-hybridized carbons (Fsp3) is 0. The van der Waals surface area contributed by atoms with Crippen molar-refractivity contribution >= 4 is 32.8 Å². The van der Waals surface area contributed by atoms with Gasteiger partial charge in [0.05, 0.1) is 22.6 Å². The van der Waals surface area contributed by atoms with E-state index in [0.29, 0.717) is 0 Å². The number of hydrogen-bond donors (Lipinski definition) is 0. The molecule has 0 aliphatic heterocycles. The largest absolute Gasteiger partial charge is 0.246 e. The number of rotatable bonds is 6. The van der Waals surface area contributed by atoms with Gasteiger partial charge >= 0.3 is 0 Å². The average molecular weight is 587 g/mol. The van der Waals surface area contributed by atoms with Crippen LogP contribution in [0.5, 0.6) is 0 Å². The van der Waals surface area contributed by atoms with E-state index in [4.69, 9.17) is 9.97 Å². The molecule has 8 rings (SSSR count). The fourth-order valence-electron chi connectivity index (χ4n) is 6.39. The monoisotopic (exact) mass is 586 g/mol. The van der Waals surface area contributed by atoms with Crippen molar-refractivity contribution in [3.8, 4) is 22.6 Å². The van der Waals surface area contributed by atoms with Gasteiger partial charge in [0.2, 0.25) is 0 Å². The molecule has 216 valence electrons. The molecule has 0 aliphatic carbocycles. The summed E-state index contributed by atoms with van der Waals surface area (Å²) in [5.74, 6) is 0. The summed E-state index contributed by atoms with van der Waals surface area (Å²) in [5.41, 5.74) is 11.7. The number of aromatic nitrogens is 2. The summed E-state index contributed by atoms with van der Waals surface area (Å²) < 4.78 is 0. The van der Waals surface area contributed by atoms with Gasteiger partial charge in [-0.3, -0.25) is 0 Å². The van der Waals surface area contributed by atoms with E-state index in [9.17, 15) is 0 Å². The Kier molecular flexibility index (Phi) is 7.22. The number of nitrogens with zero attached hydrogens (tertiary/aromatic N) is 2. The Labute approximate surface area is 269 Å². The molecule has 8 aromatic rings. The van der Waals surface area contributed by atoms with Gasteiger partial charge in [0.1, 0.15) is 0 Å². The first kappa shape index (κ1) is 27.4. The van der Waals surface area contributed by atoms with Crippen molar-refractivity contribution in [1.82, 2.24) is 9.97 Å². The van der Waals surface area contributed by atoms with Crippen LogP contribution in [0.1, 0.15) is 22.3 Å². The summed E-state index contributed by atoms with van der Waals surface area (Å²) in [6, 6.07) is 63.9. The molecule has 6 aromatic carbocycles. The van der Waals surface area contributed by atoms with Crippen LogP contribution in [0.25, 0.3) is 55.5 Å². The molecule has 46 heavy (non-hydrogen) atoms. The lowest BCUT2D eigenvalue weighted by Gasteiger charge is -2.18. The van der Waals surface area contributed by atoms with E-state index in [2.05, 4.69) is 176 Å². The number of fused-ring (bicyclic) bond motifs is 3. The summed E-state index contributed by atoms with van der Waals surface area (Å²) in [6.45, 7) is 0. The molecule has 0 saturated heterocycles. The first-order valence-corrected chi connectivity index (χ1v) is 15.6. The lowest BCUT2D eigenvalue weighted by atomic mass is 9.85. The molecule has 2 nitrogen and oxygen atoms in total. The second kappa shape index (κ2) is 12.1. The number of para-hydroxylation sites is 1. The van der Waals surface area contributed by atoms with Crippen molar-refractivity contribution in [3.63, 3.8) is 0 Å². The Hall–Kier alpha value is -6.12. The van der Waals surface area contributed by atoms with E-state index in [-0.39, 0.29) is 0 Å².